The van der Waals surface area contributed by atoms with Crippen molar-refractivity contribution >= 4 is 27.4 Å². The third-order valence-electron chi connectivity index (χ3n) is 2.50. The van der Waals surface area contributed by atoms with Crippen LogP contribution in [0.3, 0.4) is 0 Å². The van der Waals surface area contributed by atoms with Gasteiger partial charge >= 0.3 is 5.97 Å². The van der Waals surface area contributed by atoms with Crippen LogP contribution in [0.5, 0.6) is 0 Å². The van der Waals surface area contributed by atoms with E-state index in [2.05, 4.69) is 0 Å². The van der Waals surface area contributed by atoms with Gasteiger partial charge in [0.1, 0.15) is 0 Å². The van der Waals surface area contributed by atoms with Gasteiger partial charge in [0.15, 0.2) is 9.84 Å². The third-order valence-corrected chi connectivity index (χ3v) is 4.74. The number of hydrogen-bond acceptors (Lipinski definition) is 3. The van der Waals surface area contributed by atoms with Crippen LogP contribution in [0.2, 0.25) is 5.02 Å². The Morgan fingerprint density at radius 3 is 2.35 bits per heavy atom. The first kappa shape index (κ1) is 14.0. The van der Waals surface area contributed by atoms with Gasteiger partial charge in [0.05, 0.1) is 21.2 Å². The lowest BCUT2D eigenvalue weighted by atomic mass is 10.1. The second-order valence-electron chi connectivity index (χ2n) is 3.47. The zero-order chi connectivity index (χ0) is 13.2. The molecule has 0 atom stereocenters. The van der Waals surface area contributed by atoms with Crippen molar-refractivity contribution in [1.82, 2.24) is 0 Å². The first-order valence-electron chi connectivity index (χ1n) is 5.12. The molecule has 0 radical (unpaired) electrons. The van der Waals surface area contributed by atoms with Crippen molar-refractivity contribution in [3.05, 3.63) is 28.3 Å². The number of sulfone groups is 1. The van der Waals surface area contributed by atoms with Crippen molar-refractivity contribution in [1.29, 1.82) is 0 Å². The smallest absolute Gasteiger partial charge is 0.337 e. The molecule has 0 aromatic heterocycles. The molecule has 1 aromatic carbocycles. The summed E-state index contributed by atoms with van der Waals surface area (Å²) >= 11 is 5.93. The van der Waals surface area contributed by atoms with E-state index < -0.39 is 15.8 Å². The lowest BCUT2D eigenvalue weighted by Gasteiger charge is -2.11. The summed E-state index contributed by atoms with van der Waals surface area (Å²) in [6, 6.07) is 2.54. The summed E-state index contributed by atoms with van der Waals surface area (Å²) in [5.74, 6) is -1.20. The van der Waals surface area contributed by atoms with Crippen LogP contribution >= 0.6 is 11.6 Å². The first-order chi connectivity index (χ1) is 7.85. The maximum absolute atomic E-state index is 11.8. The summed E-state index contributed by atoms with van der Waals surface area (Å²) in [7, 11) is -3.38. The zero-order valence-electron chi connectivity index (χ0n) is 9.53. The highest BCUT2D eigenvalue weighted by molar-refractivity contribution is 7.91. The SMILES string of the molecule is CCc1c(S(=O)(=O)CC)ccc(C(=O)O)c1Cl. The Morgan fingerprint density at radius 1 is 1.35 bits per heavy atom. The van der Waals surface area contributed by atoms with Crippen LogP contribution in [0.15, 0.2) is 17.0 Å². The lowest BCUT2D eigenvalue weighted by molar-refractivity contribution is 0.0697. The van der Waals surface area contributed by atoms with Gasteiger partial charge in [0, 0.05) is 0 Å². The van der Waals surface area contributed by atoms with Gasteiger partial charge < -0.3 is 5.11 Å². The van der Waals surface area contributed by atoms with Gasteiger partial charge in [-0.1, -0.05) is 25.4 Å². The highest BCUT2D eigenvalue weighted by Crippen LogP contribution is 2.29. The van der Waals surface area contributed by atoms with E-state index in [1.54, 1.807) is 6.92 Å². The molecule has 6 heteroatoms. The van der Waals surface area contributed by atoms with Crippen molar-refractivity contribution in [2.45, 2.75) is 25.2 Å². The van der Waals surface area contributed by atoms with Gasteiger partial charge in [0.25, 0.3) is 0 Å². The predicted molar refractivity (Wildman–Crippen MR) is 65.5 cm³/mol. The molecule has 0 heterocycles. The predicted octanol–water partition coefficient (Wildman–Crippen LogP) is 2.39. The molecular weight excluding hydrogens is 264 g/mol. The molecule has 0 fully saturated rings. The van der Waals surface area contributed by atoms with Gasteiger partial charge in [0.2, 0.25) is 0 Å². The molecule has 1 aromatic rings. The van der Waals surface area contributed by atoms with Crippen LogP contribution < -0.4 is 0 Å². The summed E-state index contributed by atoms with van der Waals surface area (Å²) < 4.78 is 23.6. The molecule has 0 aliphatic heterocycles. The van der Waals surface area contributed by atoms with Crippen molar-refractivity contribution < 1.29 is 18.3 Å². The molecule has 0 aliphatic rings. The van der Waals surface area contributed by atoms with Crippen molar-refractivity contribution in [2.75, 3.05) is 5.75 Å². The minimum Gasteiger partial charge on any atom is -0.478 e. The molecule has 17 heavy (non-hydrogen) atoms. The minimum absolute atomic E-state index is 0.00882. The molecule has 94 valence electrons. The summed E-state index contributed by atoms with van der Waals surface area (Å²) in [5, 5.41) is 8.91. The molecule has 0 aliphatic carbocycles. The molecule has 1 N–H and O–H groups in total. The van der Waals surface area contributed by atoms with Crippen LogP contribution in [0.1, 0.15) is 29.8 Å². The zero-order valence-corrected chi connectivity index (χ0v) is 11.1. The lowest BCUT2D eigenvalue weighted by Crippen LogP contribution is -2.10. The summed E-state index contributed by atoms with van der Waals surface area (Å²) in [6.07, 6.45) is 0.370. The largest absolute Gasteiger partial charge is 0.478 e. The number of carboxylic acid groups (broad SMARTS) is 1. The van der Waals surface area contributed by atoms with Crippen LogP contribution in [0.4, 0.5) is 0 Å². The van der Waals surface area contributed by atoms with E-state index in [1.807, 2.05) is 0 Å². The maximum Gasteiger partial charge on any atom is 0.337 e. The molecule has 0 spiro atoms. The van der Waals surface area contributed by atoms with Gasteiger partial charge in [-0.25, -0.2) is 13.2 Å². The minimum atomic E-state index is -3.38. The second kappa shape index (κ2) is 5.06. The number of aromatic carboxylic acids is 1. The summed E-state index contributed by atoms with van der Waals surface area (Å²) in [5.41, 5.74) is 0.298. The van der Waals surface area contributed by atoms with Gasteiger partial charge in [-0.05, 0) is 24.1 Å². The third kappa shape index (κ3) is 2.61. The van der Waals surface area contributed by atoms with E-state index in [9.17, 15) is 13.2 Å². The molecule has 0 saturated heterocycles. The van der Waals surface area contributed by atoms with Crippen LogP contribution in [0.25, 0.3) is 0 Å². The number of halogens is 1. The monoisotopic (exact) mass is 276 g/mol. The fourth-order valence-corrected chi connectivity index (χ4v) is 3.19. The van der Waals surface area contributed by atoms with E-state index in [-0.39, 0.29) is 21.2 Å². The molecule has 1 rings (SSSR count). The number of rotatable bonds is 4. The summed E-state index contributed by atoms with van der Waals surface area (Å²) in [6.45, 7) is 3.27. The number of carboxylic acids is 1. The van der Waals surface area contributed by atoms with E-state index in [1.165, 1.54) is 19.1 Å². The average Bonchev–Trinajstić information content (AvgIpc) is 2.27. The second-order valence-corrected chi connectivity index (χ2v) is 6.09. The van der Waals surface area contributed by atoms with Gasteiger partial charge in [-0.3, -0.25) is 0 Å². The fraction of sp³-hybridized carbons (Fsp3) is 0.364. The van der Waals surface area contributed by atoms with E-state index in [0.717, 1.165) is 0 Å². The van der Waals surface area contributed by atoms with E-state index >= 15 is 0 Å². The Kier molecular flexibility index (Phi) is 4.16. The molecule has 0 amide bonds. The van der Waals surface area contributed by atoms with Crippen LogP contribution in [0, 0.1) is 0 Å². The first-order valence-corrected chi connectivity index (χ1v) is 7.15. The number of benzene rings is 1. The average molecular weight is 277 g/mol. The van der Waals surface area contributed by atoms with Crippen molar-refractivity contribution in [3.8, 4) is 0 Å². The van der Waals surface area contributed by atoms with E-state index in [4.69, 9.17) is 16.7 Å². The Hall–Kier alpha value is -1.07. The molecule has 0 unspecified atom stereocenters. The Morgan fingerprint density at radius 2 is 1.94 bits per heavy atom. The quantitative estimate of drug-likeness (QED) is 0.916. The number of hydrogen-bond donors (Lipinski definition) is 1. The Balaban J connectivity index is 3.58. The molecule has 4 nitrogen and oxygen atoms in total. The topological polar surface area (TPSA) is 71.4 Å². The van der Waals surface area contributed by atoms with Crippen LogP contribution in [-0.4, -0.2) is 25.2 Å². The van der Waals surface area contributed by atoms with E-state index in [0.29, 0.717) is 12.0 Å². The van der Waals surface area contributed by atoms with Crippen LogP contribution in [-0.2, 0) is 16.3 Å². The maximum atomic E-state index is 11.8. The Bertz CT molecular complexity index is 549. The highest BCUT2D eigenvalue weighted by atomic mass is 35.5. The van der Waals surface area contributed by atoms with Gasteiger partial charge in [-0.2, -0.15) is 0 Å². The van der Waals surface area contributed by atoms with Gasteiger partial charge in [-0.15, -0.1) is 0 Å². The molecule has 0 bridgehead atoms. The fourth-order valence-electron chi connectivity index (χ4n) is 1.54. The highest BCUT2D eigenvalue weighted by Gasteiger charge is 2.21. The molecular formula is C11H13ClO4S. The summed E-state index contributed by atoms with van der Waals surface area (Å²) in [4.78, 5) is 11.0. The van der Waals surface area contributed by atoms with Crippen molar-refractivity contribution in [2.24, 2.45) is 0 Å². The standard InChI is InChI=1S/C11H13ClO4S/c1-3-7-9(17(15,16)4-2)6-5-8(10(7)12)11(13)14/h5-6H,3-4H2,1-2H3,(H,13,14). The molecule has 0 saturated carbocycles. The normalized spacial score (nSPS) is 11.5. The number of carbonyl (C=O) groups is 1. The Labute approximate surface area is 105 Å². The van der Waals surface area contributed by atoms with Crippen molar-refractivity contribution in [3.63, 3.8) is 0 Å².